The molecular weight excluding hydrogens is 299 g/mol. The molecule has 1 atom stereocenters. The number of nitrogens with zero attached hydrogens (tertiary/aromatic N) is 1. The predicted octanol–water partition coefficient (Wildman–Crippen LogP) is 2.16. The lowest BCUT2D eigenvalue weighted by Gasteiger charge is -2.26. The molecule has 0 saturated carbocycles. The minimum Gasteiger partial charge on any atom is -0.491 e. The van der Waals surface area contributed by atoms with Crippen LogP contribution in [0.5, 0.6) is 5.75 Å². The van der Waals surface area contributed by atoms with Crippen LogP contribution in [0.15, 0.2) is 30.5 Å². The molecule has 1 aliphatic heterocycles. The molecule has 2 N–H and O–H groups in total. The third-order valence-corrected chi connectivity index (χ3v) is 3.38. The number of alkyl halides is 3. The number of halogens is 3. The standard InChI is InChI=1S/C14H12F3N3O2/c15-14(16,17)12-10(6-18-20-12)13(21)19-9-5-8-3-1-2-4-11(8)22-7-9/h1-4,6,9H,5,7H2,(H,18,20)(H,19,21)/t9-/m0/s1. The molecule has 5 nitrogen and oxygen atoms in total. The first-order chi connectivity index (χ1) is 10.4. The van der Waals surface area contributed by atoms with Crippen LogP contribution < -0.4 is 10.1 Å². The van der Waals surface area contributed by atoms with E-state index in [2.05, 4.69) is 10.4 Å². The van der Waals surface area contributed by atoms with Crippen LogP contribution in [0, 0.1) is 0 Å². The Kier molecular flexibility index (Phi) is 3.51. The second kappa shape index (κ2) is 5.36. The van der Waals surface area contributed by atoms with Crippen molar-refractivity contribution in [3.63, 3.8) is 0 Å². The van der Waals surface area contributed by atoms with Crippen molar-refractivity contribution in [1.29, 1.82) is 0 Å². The van der Waals surface area contributed by atoms with Gasteiger partial charge in [0.15, 0.2) is 5.69 Å². The highest BCUT2D eigenvalue weighted by Crippen LogP contribution is 2.30. The van der Waals surface area contributed by atoms with Crippen LogP contribution in [-0.2, 0) is 12.6 Å². The van der Waals surface area contributed by atoms with Crippen LogP contribution in [0.2, 0.25) is 0 Å². The third kappa shape index (κ3) is 2.76. The van der Waals surface area contributed by atoms with E-state index in [4.69, 9.17) is 4.74 Å². The molecule has 1 aliphatic rings. The zero-order valence-electron chi connectivity index (χ0n) is 11.3. The summed E-state index contributed by atoms with van der Waals surface area (Å²) in [7, 11) is 0. The molecule has 2 aromatic rings. The monoisotopic (exact) mass is 311 g/mol. The van der Waals surface area contributed by atoms with Gasteiger partial charge >= 0.3 is 6.18 Å². The molecule has 22 heavy (non-hydrogen) atoms. The summed E-state index contributed by atoms with van der Waals surface area (Å²) >= 11 is 0. The van der Waals surface area contributed by atoms with E-state index in [0.29, 0.717) is 6.42 Å². The summed E-state index contributed by atoms with van der Waals surface area (Å²) in [6.07, 6.45) is -3.28. The Bertz CT molecular complexity index is 697. The van der Waals surface area contributed by atoms with Gasteiger partial charge in [0.2, 0.25) is 0 Å². The number of benzene rings is 1. The van der Waals surface area contributed by atoms with E-state index < -0.39 is 29.4 Å². The smallest absolute Gasteiger partial charge is 0.433 e. The van der Waals surface area contributed by atoms with Crippen molar-refractivity contribution in [3.05, 3.63) is 47.3 Å². The number of hydrogen-bond donors (Lipinski definition) is 2. The van der Waals surface area contributed by atoms with E-state index in [9.17, 15) is 18.0 Å². The van der Waals surface area contributed by atoms with Crippen molar-refractivity contribution < 1.29 is 22.7 Å². The molecule has 2 heterocycles. The number of fused-ring (bicyclic) bond motifs is 1. The van der Waals surface area contributed by atoms with Crippen LogP contribution in [0.1, 0.15) is 21.6 Å². The molecular formula is C14H12F3N3O2. The number of nitrogens with one attached hydrogen (secondary N) is 2. The minimum atomic E-state index is -4.65. The van der Waals surface area contributed by atoms with Crippen molar-refractivity contribution in [3.8, 4) is 5.75 Å². The largest absolute Gasteiger partial charge is 0.491 e. The van der Waals surface area contributed by atoms with E-state index in [1.165, 1.54) is 0 Å². The molecule has 1 aromatic carbocycles. The zero-order chi connectivity index (χ0) is 15.7. The highest BCUT2D eigenvalue weighted by molar-refractivity contribution is 5.95. The normalized spacial score (nSPS) is 17.5. The van der Waals surface area contributed by atoms with E-state index in [1.807, 2.05) is 29.4 Å². The van der Waals surface area contributed by atoms with Gasteiger partial charge in [-0.1, -0.05) is 18.2 Å². The summed E-state index contributed by atoms with van der Waals surface area (Å²) in [5.41, 5.74) is -0.768. The average molecular weight is 311 g/mol. The number of amides is 1. The van der Waals surface area contributed by atoms with Gasteiger partial charge in [0.05, 0.1) is 17.8 Å². The first-order valence-electron chi connectivity index (χ1n) is 6.57. The third-order valence-electron chi connectivity index (χ3n) is 3.38. The van der Waals surface area contributed by atoms with E-state index in [-0.39, 0.29) is 6.61 Å². The van der Waals surface area contributed by atoms with Crippen LogP contribution in [0.4, 0.5) is 13.2 Å². The van der Waals surface area contributed by atoms with Gasteiger partial charge in [-0.3, -0.25) is 9.89 Å². The zero-order valence-corrected chi connectivity index (χ0v) is 11.3. The number of hydrogen-bond acceptors (Lipinski definition) is 3. The van der Waals surface area contributed by atoms with Crippen molar-refractivity contribution in [2.24, 2.45) is 0 Å². The Morgan fingerprint density at radius 3 is 2.91 bits per heavy atom. The lowest BCUT2D eigenvalue weighted by Crippen LogP contribution is -2.43. The number of aromatic nitrogens is 2. The van der Waals surface area contributed by atoms with E-state index in [0.717, 1.165) is 17.5 Å². The van der Waals surface area contributed by atoms with Gasteiger partial charge in [0.1, 0.15) is 12.4 Å². The van der Waals surface area contributed by atoms with Gasteiger partial charge < -0.3 is 10.1 Å². The molecule has 0 bridgehead atoms. The molecule has 1 amide bonds. The Hall–Kier alpha value is -2.51. The van der Waals surface area contributed by atoms with Crippen molar-refractivity contribution >= 4 is 5.91 Å². The number of H-pyrrole nitrogens is 1. The van der Waals surface area contributed by atoms with Crippen LogP contribution in [0.25, 0.3) is 0 Å². The van der Waals surface area contributed by atoms with E-state index >= 15 is 0 Å². The Morgan fingerprint density at radius 2 is 2.14 bits per heavy atom. The number of para-hydroxylation sites is 1. The summed E-state index contributed by atoms with van der Waals surface area (Å²) in [5.74, 6) is -0.0960. The molecule has 0 saturated heterocycles. The van der Waals surface area contributed by atoms with Crippen molar-refractivity contribution in [2.45, 2.75) is 18.6 Å². The van der Waals surface area contributed by atoms with Crippen molar-refractivity contribution in [1.82, 2.24) is 15.5 Å². The summed E-state index contributed by atoms with van der Waals surface area (Å²) in [5, 5.41) is 7.66. The van der Waals surface area contributed by atoms with Crippen LogP contribution in [0.3, 0.4) is 0 Å². The topological polar surface area (TPSA) is 67.0 Å². The fourth-order valence-corrected chi connectivity index (χ4v) is 2.36. The average Bonchev–Trinajstić information content (AvgIpc) is 2.97. The highest BCUT2D eigenvalue weighted by Gasteiger charge is 2.38. The fraction of sp³-hybridized carbons (Fsp3) is 0.286. The summed E-state index contributed by atoms with van der Waals surface area (Å²) in [6, 6.07) is 6.94. The number of carbonyl (C=O) groups is 1. The van der Waals surface area contributed by atoms with Crippen molar-refractivity contribution in [2.75, 3.05) is 6.61 Å². The first kappa shape index (κ1) is 14.4. The lowest BCUT2D eigenvalue weighted by molar-refractivity contribution is -0.141. The molecule has 0 aliphatic carbocycles. The maximum absolute atomic E-state index is 12.7. The van der Waals surface area contributed by atoms with Crippen LogP contribution >= 0.6 is 0 Å². The van der Waals surface area contributed by atoms with Gasteiger partial charge in [-0.2, -0.15) is 18.3 Å². The van der Waals surface area contributed by atoms with Gasteiger partial charge in [-0.15, -0.1) is 0 Å². The molecule has 3 rings (SSSR count). The quantitative estimate of drug-likeness (QED) is 0.893. The lowest BCUT2D eigenvalue weighted by atomic mass is 10.0. The second-order valence-electron chi connectivity index (χ2n) is 4.95. The SMILES string of the molecule is O=C(N[C@@H]1COc2ccccc2C1)c1cn[nH]c1C(F)(F)F. The number of ether oxygens (including phenoxy) is 1. The summed E-state index contributed by atoms with van der Waals surface area (Å²) < 4.78 is 43.7. The Morgan fingerprint density at radius 1 is 1.36 bits per heavy atom. The Labute approximate surface area is 123 Å². The molecule has 8 heteroatoms. The van der Waals surface area contributed by atoms with Gasteiger partial charge in [0.25, 0.3) is 5.91 Å². The maximum Gasteiger partial charge on any atom is 0.433 e. The molecule has 0 unspecified atom stereocenters. The van der Waals surface area contributed by atoms with Gasteiger partial charge in [0, 0.05) is 0 Å². The van der Waals surface area contributed by atoms with Crippen LogP contribution in [-0.4, -0.2) is 28.8 Å². The number of rotatable bonds is 2. The molecule has 116 valence electrons. The summed E-state index contributed by atoms with van der Waals surface area (Å²) in [4.78, 5) is 12.0. The fourth-order valence-electron chi connectivity index (χ4n) is 2.36. The molecule has 0 fully saturated rings. The van der Waals surface area contributed by atoms with Gasteiger partial charge in [-0.25, -0.2) is 0 Å². The molecule has 1 aromatic heterocycles. The molecule has 0 spiro atoms. The Balaban J connectivity index is 1.73. The van der Waals surface area contributed by atoms with Gasteiger partial charge in [-0.05, 0) is 18.1 Å². The van der Waals surface area contributed by atoms with E-state index in [1.54, 1.807) is 0 Å². The second-order valence-corrected chi connectivity index (χ2v) is 4.95. The minimum absolute atomic E-state index is 0.210. The maximum atomic E-state index is 12.7. The molecule has 0 radical (unpaired) electrons. The first-order valence-corrected chi connectivity index (χ1v) is 6.57. The number of aromatic amines is 1. The number of carbonyl (C=O) groups excluding carboxylic acids is 1. The summed E-state index contributed by atoms with van der Waals surface area (Å²) in [6.45, 7) is 0.210. The highest BCUT2D eigenvalue weighted by atomic mass is 19.4. The predicted molar refractivity (Wildman–Crippen MR) is 70.5 cm³/mol.